The summed E-state index contributed by atoms with van der Waals surface area (Å²) in [7, 11) is 0. The molecule has 19 heavy (non-hydrogen) atoms. The van der Waals surface area contributed by atoms with Gasteiger partial charge in [0.05, 0.1) is 11.0 Å². The van der Waals surface area contributed by atoms with Crippen LogP contribution in [0.4, 0.5) is 11.5 Å². The summed E-state index contributed by atoms with van der Waals surface area (Å²) < 4.78 is 0. The van der Waals surface area contributed by atoms with E-state index in [-0.39, 0.29) is 22.7 Å². The van der Waals surface area contributed by atoms with Crippen molar-refractivity contribution in [1.82, 2.24) is 4.98 Å². The van der Waals surface area contributed by atoms with Gasteiger partial charge in [0.25, 0.3) is 5.69 Å². The predicted octanol–water partition coefficient (Wildman–Crippen LogP) is 2.37. The molecule has 1 aromatic rings. The second-order valence-electron chi connectivity index (χ2n) is 5.17. The molecular formula is C13H20N4O2. The van der Waals surface area contributed by atoms with E-state index in [1.54, 1.807) is 6.92 Å². The normalized spacial score (nSPS) is 23.7. The average Bonchev–Trinajstić information content (AvgIpc) is 2.57. The Labute approximate surface area is 112 Å². The van der Waals surface area contributed by atoms with Gasteiger partial charge in [-0.25, -0.2) is 4.98 Å². The third kappa shape index (κ3) is 3.41. The Morgan fingerprint density at radius 3 is 2.89 bits per heavy atom. The van der Waals surface area contributed by atoms with Crippen molar-refractivity contribution in [1.29, 1.82) is 0 Å². The molecule has 3 N–H and O–H groups in total. The summed E-state index contributed by atoms with van der Waals surface area (Å²) in [5, 5.41) is 14.2. The Bertz CT molecular complexity index is 464. The third-order valence-electron chi connectivity index (χ3n) is 3.67. The van der Waals surface area contributed by atoms with E-state index >= 15 is 0 Å². The number of nitrogens with two attached hydrogens (primary N) is 1. The number of hydrogen-bond donors (Lipinski definition) is 2. The molecule has 2 rings (SSSR count). The highest BCUT2D eigenvalue weighted by Crippen LogP contribution is 2.23. The van der Waals surface area contributed by atoms with Crippen LogP contribution in [-0.2, 0) is 0 Å². The van der Waals surface area contributed by atoms with E-state index in [2.05, 4.69) is 10.3 Å². The van der Waals surface area contributed by atoms with Crippen LogP contribution in [0.5, 0.6) is 0 Å². The maximum atomic E-state index is 10.9. The molecular weight excluding hydrogens is 244 g/mol. The van der Waals surface area contributed by atoms with Crippen molar-refractivity contribution in [2.75, 3.05) is 5.32 Å². The number of nitrogens with one attached hydrogen (secondary N) is 1. The predicted molar refractivity (Wildman–Crippen MR) is 74.1 cm³/mol. The molecule has 6 heteroatoms. The first-order chi connectivity index (χ1) is 9.08. The molecule has 1 heterocycles. The quantitative estimate of drug-likeness (QED) is 0.496. The Hall–Kier alpha value is -1.69. The molecule has 0 aromatic carbocycles. The lowest BCUT2D eigenvalue weighted by Crippen LogP contribution is -2.39. The second-order valence-corrected chi connectivity index (χ2v) is 5.17. The molecule has 1 fully saturated rings. The first-order valence-electron chi connectivity index (χ1n) is 6.71. The van der Waals surface area contributed by atoms with E-state index in [1.807, 2.05) is 0 Å². The molecule has 0 spiro atoms. The molecule has 0 aliphatic heterocycles. The van der Waals surface area contributed by atoms with Gasteiger partial charge in [-0.1, -0.05) is 19.3 Å². The molecule has 0 amide bonds. The van der Waals surface area contributed by atoms with Crippen molar-refractivity contribution in [3.05, 3.63) is 27.9 Å². The number of aromatic nitrogens is 1. The van der Waals surface area contributed by atoms with E-state index in [0.29, 0.717) is 11.4 Å². The number of pyridine rings is 1. The highest BCUT2D eigenvalue weighted by molar-refractivity contribution is 5.49. The van der Waals surface area contributed by atoms with Gasteiger partial charge < -0.3 is 11.1 Å². The topological polar surface area (TPSA) is 94.1 Å². The zero-order chi connectivity index (χ0) is 13.8. The Morgan fingerprint density at radius 1 is 1.42 bits per heavy atom. The van der Waals surface area contributed by atoms with E-state index in [4.69, 9.17) is 5.73 Å². The summed E-state index contributed by atoms with van der Waals surface area (Å²) in [6.45, 7) is 1.69. The van der Waals surface area contributed by atoms with Gasteiger partial charge in [-0.15, -0.1) is 0 Å². The standard InChI is InChI=1S/C13H20N4O2/c1-9-8-15-13(7-12(9)17(18)19)16-11-6-4-2-3-5-10(11)14/h7-8,10-11H,2-6,14H2,1H3,(H,15,16). The molecule has 6 nitrogen and oxygen atoms in total. The van der Waals surface area contributed by atoms with Gasteiger partial charge in [0.1, 0.15) is 5.82 Å². The molecule has 1 aliphatic carbocycles. The molecule has 1 aromatic heterocycles. The summed E-state index contributed by atoms with van der Waals surface area (Å²) in [6.07, 6.45) is 7.01. The SMILES string of the molecule is Cc1cnc(NC2CCCCCC2N)cc1[N+](=O)[O-]. The summed E-state index contributed by atoms with van der Waals surface area (Å²) in [6, 6.07) is 1.73. The zero-order valence-corrected chi connectivity index (χ0v) is 11.1. The van der Waals surface area contributed by atoms with Crippen molar-refractivity contribution in [2.24, 2.45) is 5.73 Å². The van der Waals surface area contributed by atoms with E-state index < -0.39 is 0 Å². The van der Waals surface area contributed by atoms with Crippen LogP contribution in [0.1, 0.15) is 37.7 Å². The molecule has 2 unspecified atom stereocenters. The van der Waals surface area contributed by atoms with Crippen molar-refractivity contribution in [3.63, 3.8) is 0 Å². The number of rotatable bonds is 3. The zero-order valence-electron chi connectivity index (χ0n) is 11.1. The minimum Gasteiger partial charge on any atom is -0.366 e. The summed E-state index contributed by atoms with van der Waals surface area (Å²) in [5.74, 6) is 0.541. The fourth-order valence-electron chi connectivity index (χ4n) is 2.49. The molecule has 0 saturated heterocycles. The largest absolute Gasteiger partial charge is 0.366 e. The van der Waals surface area contributed by atoms with Gasteiger partial charge in [0.2, 0.25) is 0 Å². The Balaban J connectivity index is 2.13. The minimum atomic E-state index is -0.380. The highest BCUT2D eigenvalue weighted by atomic mass is 16.6. The Kier molecular flexibility index (Phi) is 4.31. The number of nitro groups is 1. The van der Waals surface area contributed by atoms with Crippen LogP contribution in [0.25, 0.3) is 0 Å². The molecule has 1 saturated carbocycles. The first kappa shape index (κ1) is 13.7. The van der Waals surface area contributed by atoms with Gasteiger partial charge >= 0.3 is 0 Å². The third-order valence-corrected chi connectivity index (χ3v) is 3.67. The van der Waals surface area contributed by atoms with E-state index in [0.717, 1.165) is 25.7 Å². The maximum absolute atomic E-state index is 10.9. The second kappa shape index (κ2) is 5.97. The molecule has 104 valence electrons. The lowest BCUT2D eigenvalue weighted by Gasteiger charge is -2.23. The Morgan fingerprint density at radius 2 is 2.16 bits per heavy atom. The lowest BCUT2D eigenvalue weighted by molar-refractivity contribution is -0.385. The average molecular weight is 264 g/mol. The number of hydrogen-bond acceptors (Lipinski definition) is 5. The lowest BCUT2D eigenvalue weighted by atomic mass is 10.0. The maximum Gasteiger partial charge on any atom is 0.277 e. The van der Waals surface area contributed by atoms with Crippen LogP contribution < -0.4 is 11.1 Å². The molecule has 2 atom stereocenters. The van der Waals surface area contributed by atoms with Crippen LogP contribution in [-0.4, -0.2) is 22.0 Å². The number of aryl methyl sites for hydroxylation is 1. The smallest absolute Gasteiger partial charge is 0.277 e. The van der Waals surface area contributed by atoms with Crippen LogP contribution in [0.3, 0.4) is 0 Å². The minimum absolute atomic E-state index is 0.0876. The summed E-state index contributed by atoms with van der Waals surface area (Å²) in [5.41, 5.74) is 6.80. The monoisotopic (exact) mass is 264 g/mol. The molecule has 0 bridgehead atoms. The fraction of sp³-hybridized carbons (Fsp3) is 0.615. The van der Waals surface area contributed by atoms with Crippen LogP contribution >= 0.6 is 0 Å². The van der Waals surface area contributed by atoms with Crippen LogP contribution in [0, 0.1) is 17.0 Å². The van der Waals surface area contributed by atoms with Gasteiger partial charge in [0.15, 0.2) is 0 Å². The van der Waals surface area contributed by atoms with Crippen molar-refractivity contribution < 1.29 is 4.92 Å². The van der Waals surface area contributed by atoms with Gasteiger partial charge in [-0.05, 0) is 19.8 Å². The van der Waals surface area contributed by atoms with Crippen LogP contribution in [0.2, 0.25) is 0 Å². The summed E-state index contributed by atoms with van der Waals surface area (Å²) >= 11 is 0. The fourth-order valence-corrected chi connectivity index (χ4v) is 2.49. The van der Waals surface area contributed by atoms with Gasteiger partial charge in [-0.2, -0.15) is 0 Å². The van der Waals surface area contributed by atoms with Crippen molar-refractivity contribution in [3.8, 4) is 0 Å². The number of nitrogens with zero attached hydrogens (tertiary/aromatic N) is 2. The molecule has 1 aliphatic rings. The van der Waals surface area contributed by atoms with Gasteiger partial charge in [0, 0.05) is 23.8 Å². The van der Waals surface area contributed by atoms with Crippen molar-refractivity contribution in [2.45, 2.75) is 51.1 Å². The summed E-state index contributed by atoms with van der Waals surface area (Å²) in [4.78, 5) is 14.7. The molecule has 0 radical (unpaired) electrons. The van der Waals surface area contributed by atoms with E-state index in [1.165, 1.54) is 18.7 Å². The number of anilines is 1. The van der Waals surface area contributed by atoms with Gasteiger partial charge in [-0.3, -0.25) is 10.1 Å². The van der Waals surface area contributed by atoms with E-state index in [9.17, 15) is 10.1 Å². The van der Waals surface area contributed by atoms with Crippen LogP contribution in [0.15, 0.2) is 12.3 Å². The first-order valence-corrected chi connectivity index (χ1v) is 6.71. The highest BCUT2D eigenvalue weighted by Gasteiger charge is 2.21. The van der Waals surface area contributed by atoms with Crippen molar-refractivity contribution >= 4 is 11.5 Å².